The first-order valence-corrected chi connectivity index (χ1v) is 7.19. The van der Waals surface area contributed by atoms with Gasteiger partial charge in [-0.05, 0) is 49.1 Å². The van der Waals surface area contributed by atoms with Crippen molar-refractivity contribution in [3.63, 3.8) is 0 Å². The summed E-state index contributed by atoms with van der Waals surface area (Å²) in [6, 6.07) is 14.4. The maximum absolute atomic E-state index is 8.98. The van der Waals surface area contributed by atoms with E-state index in [0.29, 0.717) is 18.2 Å². The van der Waals surface area contributed by atoms with Crippen LogP contribution in [0, 0.1) is 6.92 Å². The minimum absolute atomic E-state index is 0.459. The number of oxime groups is 1. The molecule has 3 nitrogen and oxygen atoms in total. The molecule has 0 aromatic heterocycles. The van der Waals surface area contributed by atoms with Crippen molar-refractivity contribution in [1.29, 1.82) is 0 Å². The van der Waals surface area contributed by atoms with Crippen LogP contribution in [0.5, 0.6) is 5.75 Å². The summed E-state index contributed by atoms with van der Waals surface area (Å²) in [5, 5.41) is 12.3. The molecular weight excluding hydrogens is 262 g/mol. The molecule has 1 atom stereocenters. The normalized spacial score (nSPS) is 17.0. The van der Waals surface area contributed by atoms with E-state index in [0.717, 1.165) is 23.3 Å². The van der Waals surface area contributed by atoms with Crippen molar-refractivity contribution in [1.82, 2.24) is 0 Å². The fraction of sp³-hybridized carbons (Fsp3) is 0.278. The number of aryl methyl sites for hydroxylation is 1. The molecule has 0 spiro atoms. The van der Waals surface area contributed by atoms with Gasteiger partial charge in [0.15, 0.2) is 0 Å². The SMILES string of the molecule is CC(=NO)c1ccc(C)cc1OCC1Cc2ccccc21. The molecule has 0 amide bonds. The van der Waals surface area contributed by atoms with Gasteiger partial charge in [0.2, 0.25) is 0 Å². The van der Waals surface area contributed by atoms with Gasteiger partial charge in [-0.3, -0.25) is 0 Å². The summed E-state index contributed by atoms with van der Waals surface area (Å²) in [5.74, 6) is 1.25. The third kappa shape index (κ3) is 2.64. The fourth-order valence-electron chi connectivity index (χ4n) is 2.80. The van der Waals surface area contributed by atoms with Gasteiger partial charge in [0, 0.05) is 11.5 Å². The third-order valence-electron chi connectivity index (χ3n) is 4.08. The summed E-state index contributed by atoms with van der Waals surface area (Å²) in [6.07, 6.45) is 1.07. The Bertz CT molecular complexity index is 691. The van der Waals surface area contributed by atoms with Gasteiger partial charge in [0.1, 0.15) is 5.75 Å². The molecule has 3 heteroatoms. The first-order valence-electron chi connectivity index (χ1n) is 7.19. The van der Waals surface area contributed by atoms with Gasteiger partial charge in [-0.1, -0.05) is 35.5 Å². The standard InChI is InChI=1S/C18H19NO2/c1-12-7-8-16(13(2)19-20)18(9-12)21-11-15-10-14-5-3-4-6-17(14)15/h3-9,15,20H,10-11H2,1-2H3. The second kappa shape index (κ2) is 5.60. The fourth-order valence-corrected chi connectivity index (χ4v) is 2.80. The van der Waals surface area contributed by atoms with Gasteiger partial charge in [0.05, 0.1) is 12.3 Å². The van der Waals surface area contributed by atoms with E-state index in [9.17, 15) is 0 Å². The summed E-state index contributed by atoms with van der Waals surface area (Å²) >= 11 is 0. The zero-order valence-electron chi connectivity index (χ0n) is 12.3. The Labute approximate surface area is 124 Å². The molecule has 0 saturated heterocycles. The lowest BCUT2D eigenvalue weighted by Gasteiger charge is -2.30. The van der Waals surface area contributed by atoms with Crippen LogP contribution < -0.4 is 4.74 Å². The monoisotopic (exact) mass is 281 g/mol. The number of ether oxygens (including phenoxy) is 1. The Morgan fingerprint density at radius 3 is 2.86 bits per heavy atom. The summed E-state index contributed by atoms with van der Waals surface area (Å²) < 4.78 is 6.01. The van der Waals surface area contributed by atoms with Crippen LogP contribution in [0.3, 0.4) is 0 Å². The number of hydrogen-bond donors (Lipinski definition) is 1. The first-order chi connectivity index (χ1) is 10.2. The minimum atomic E-state index is 0.459. The molecule has 0 bridgehead atoms. The Kier molecular flexibility index (Phi) is 3.65. The highest BCUT2D eigenvalue weighted by molar-refractivity contribution is 6.00. The summed E-state index contributed by atoms with van der Waals surface area (Å²) in [7, 11) is 0. The quantitative estimate of drug-likeness (QED) is 0.524. The predicted molar refractivity (Wildman–Crippen MR) is 83.6 cm³/mol. The van der Waals surface area contributed by atoms with Crippen molar-refractivity contribution in [2.45, 2.75) is 26.2 Å². The highest BCUT2D eigenvalue weighted by atomic mass is 16.5. The van der Waals surface area contributed by atoms with E-state index in [-0.39, 0.29) is 0 Å². The van der Waals surface area contributed by atoms with Crippen LogP contribution in [-0.2, 0) is 6.42 Å². The van der Waals surface area contributed by atoms with Gasteiger partial charge >= 0.3 is 0 Å². The molecule has 3 rings (SSSR count). The molecule has 0 heterocycles. The lowest BCUT2D eigenvalue weighted by molar-refractivity contribution is 0.274. The van der Waals surface area contributed by atoms with Crippen molar-refractivity contribution in [3.05, 3.63) is 64.7 Å². The minimum Gasteiger partial charge on any atom is -0.492 e. The van der Waals surface area contributed by atoms with Crippen LogP contribution >= 0.6 is 0 Å². The average molecular weight is 281 g/mol. The third-order valence-corrected chi connectivity index (χ3v) is 4.08. The smallest absolute Gasteiger partial charge is 0.128 e. The van der Waals surface area contributed by atoms with Crippen molar-refractivity contribution >= 4 is 5.71 Å². The molecular formula is C18H19NO2. The molecule has 2 aromatic rings. The van der Waals surface area contributed by atoms with E-state index in [1.54, 1.807) is 6.92 Å². The predicted octanol–water partition coefficient (Wildman–Crippen LogP) is 3.91. The molecule has 0 aliphatic heterocycles. The van der Waals surface area contributed by atoms with E-state index in [1.165, 1.54) is 11.1 Å². The van der Waals surface area contributed by atoms with Gasteiger partial charge in [-0.2, -0.15) is 0 Å². The van der Waals surface area contributed by atoms with Crippen LogP contribution in [0.25, 0.3) is 0 Å². The van der Waals surface area contributed by atoms with Crippen LogP contribution in [0.1, 0.15) is 35.1 Å². The van der Waals surface area contributed by atoms with Crippen molar-refractivity contribution in [2.24, 2.45) is 5.16 Å². The lowest BCUT2D eigenvalue weighted by Crippen LogP contribution is -2.23. The number of benzene rings is 2. The second-order valence-corrected chi connectivity index (χ2v) is 5.60. The van der Waals surface area contributed by atoms with E-state index >= 15 is 0 Å². The highest BCUT2D eigenvalue weighted by Crippen LogP contribution is 2.35. The molecule has 2 aromatic carbocycles. The van der Waals surface area contributed by atoms with Gasteiger partial charge in [-0.15, -0.1) is 0 Å². The Balaban J connectivity index is 1.76. The van der Waals surface area contributed by atoms with Gasteiger partial charge in [0.25, 0.3) is 0 Å². The number of fused-ring (bicyclic) bond motifs is 1. The van der Waals surface area contributed by atoms with Gasteiger partial charge in [-0.25, -0.2) is 0 Å². The Morgan fingerprint density at radius 2 is 2.10 bits per heavy atom. The van der Waals surface area contributed by atoms with Crippen molar-refractivity contribution in [2.75, 3.05) is 6.61 Å². The average Bonchev–Trinajstić information content (AvgIpc) is 2.47. The molecule has 108 valence electrons. The van der Waals surface area contributed by atoms with Crippen molar-refractivity contribution < 1.29 is 9.94 Å². The molecule has 1 aliphatic rings. The van der Waals surface area contributed by atoms with Gasteiger partial charge < -0.3 is 9.94 Å². The Hall–Kier alpha value is -2.29. The van der Waals surface area contributed by atoms with Crippen LogP contribution in [0.2, 0.25) is 0 Å². The molecule has 0 radical (unpaired) electrons. The number of rotatable bonds is 4. The number of nitrogens with zero attached hydrogens (tertiary/aromatic N) is 1. The van der Waals surface area contributed by atoms with E-state index < -0.39 is 0 Å². The largest absolute Gasteiger partial charge is 0.492 e. The summed E-state index contributed by atoms with van der Waals surface area (Å²) in [4.78, 5) is 0. The van der Waals surface area contributed by atoms with Crippen LogP contribution in [0.15, 0.2) is 47.6 Å². The molecule has 1 N–H and O–H groups in total. The van der Waals surface area contributed by atoms with E-state index in [1.807, 2.05) is 25.1 Å². The zero-order valence-corrected chi connectivity index (χ0v) is 12.3. The maximum Gasteiger partial charge on any atom is 0.128 e. The van der Waals surface area contributed by atoms with E-state index in [2.05, 4.69) is 29.4 Å². The van der Waals surface area contributed by atoms with E-state index in [4.69, 9.17) is 9.94 Å². The summed E-state index contributed by atoms with van der Waals surface area (Å²) in [6.45, 7) is 4.46. The molecule has 1 unspecified atom stereocenters. The molecule has 0 saturated carbocycles. The van der Waals surface area contributed by atoms with Crippen molar-refractivity contribution in [3.8, 4) is 5.75 Å². The first kappa shape index (κ1) is 13.7. The summed E-state index contributed by atoms with van der Waals surface area (Å²) in [5.41, 5.74) is 5.35. The maximum atomic E-state index is 8.98. The highest BCUT2D eigenvalue weighted by Gasteiger charge is 2.26. The zero-order chi connectivity index (χ0) is 14.8. The molecule has 1 aliphatic carbocycles. The second-order valence-electron chi connectivity index (χ2n) is 5.60. The lowest BCUT2D eigenvalue weighted by atomic mass is 9.78. The van der Waals surface area contributed by atoms with Crippen LogP contribution in [-0.4, -0.2) is 17.5 Å². The van der Waals surface area contributed by atoms with Crippen LogP contribution in [0.4, 0.5) is 0 Å². The molecule has 21 heavy (non-hydrogen) atoms. The molecule has 0 fully saturated rings. The topological polar surface area (TPSA) is 41.8 Å². The number of hydrogen-bond acceptors (Lipinski definition) is 3. The Morgan fingerprint density at radius 1 is 1.29 bits per heavy atom.